The standard InChI is InChI=1S/C40H49FN8O4/c1-24(2)33(47-40(51)52-5)23-53-49-19-7-9-35(49)38-44-22-32(46-38)29-17-14-27(20-30(29)41)11-10-26-12-15-28(16-13-26)31-21-43-37(45-31)34-8-6-18-48(34)39(50)36(42)25(3)4/h12-17,20-22,24-25,33-36H,6-9,18-19,23,42H2,1-5H3,(H,43,45)(H,44,46)(H,47,51)/t33-,34+,35+,36+/m1/s1. The van der Waals surface area contributed by atoms with Gasteiger partial charge in [-0.25, -0.2) is 19.2 Å². The van der Waals surface area contributed by atoms with Crippen LogP contribution in [0.4, 0.5) is 9.18 Å². The summed E-state index contributed by atoms with van der Waals surface area (Å²) in [5.74, 6) is 7.44. The fourth-order valence-electron chi connectivity index (χ4n) is 6.73. The maximum absolute atomic E-state index is 15.4. The van der Waals surface area contributed by atoms with Crippen LogP contribution in [-0.2, 0) is 14.4 Å². The van der Waals surface area contributed by atoms with E-state index in [1.165, 1.54) is 13.2 Å². The molecule has 6 rings (SSSR count). The molecule has 2 aliphatic heterocycles. The van der Waals surface area contributed by atoms with Crippen molar-refractivity contribution < 1.29 is 23.6 Å². The normalized spacial score (nSPS) is 18.6. The average Bonchev–Trinajstić information content (AvgIpc) is 3.99. The third kappa shape index (κ3) is 8.79. The van der Waals surface area contributed by atoms with Crippen LogP contribution in [-0.4, -0.2) is 80.8 Å². The molecule has 2 aromatic carbocycles. The number of amides is 2. The molecule has 53 heavy (non-hydrogen) atoms. The Labute approximate surface area is 310 Å². The second-order valence-electron chi connectivity index (χ2n) is 14.4. The number of alkyl carbamates (subject to hydrolysis) is 1. The van der Waals surface area contributed by atoms with Gasteiger partial charge in [0.05, 0.1) is 61.7 Å². The number of rotatable bonds is 11. The van der Waals surface area contributed by atoms with E-state index in [9.17, 15) is 9.59 Å². The molecule has 12 nitrogen and oxygen atoms in total. The summed E-state index contributed by atoms with van der Waals surface area (Å²) in [6, 6.07) is 11.7. The second kappa shape index (κ2) is 16.8. The Morgan fingerprint density at radius 1 is 0.925 bits per heavy atom. The predicted molar refractivity (Wildman–Crippen MR) is 199 cm³/mol. The second-order valence-corrected chi connectivity index (χ2v) is 14.4. The SMILES string of the molecule is COC(=O)N[C@H](CON1CCC[C@H]1c1ncc(-c2ccc(C#Cc3ccc(-c4cnc([C@@H]5CCCN5C(=O)[C@@H](N)C(C)C)[nH]4)cc3)cc2F)[nH]1)C(C)C. The molecule has 0 bridgehead atoms. The number of hydrogen-bond donors (Lipinski definition) is 4. The highest BCUT2D eigenvalue weighted by Gasteiger charge is 2.35. The number of imidazole rings is 2. The number of hydroxylamine groups is 2. The smallest absolute Gasteiger partial charge is 0.407 e. The van der Waals surface area contributed by atoms with Gasteiger partial charge in [0, 0.05) is 29.8 Å². The Bertz CT molecular complexity index is 1950. The first-order valence-corrected chi connectivity index (χ1v) is 18.3. The quantitative estimate of drug-likeness (QED) is 0.135. The van der Waals surface area contributed by atoms with Crippen molar-refractivity contribution in [2.24, 2.45) is 17.6 Å². The number of nitrogens with one attached hydrogen (secondary N) is 3. The molecule has 4 aromatic rings. The van der Waals surface area contributed by atoms with Gasteiger partial charge < -0.3 is 30.7 Å². The van der Waals surface area contributed by atoms with Gasteiger partial charge in [-0.3, -0.25) is 9.63 Å². The van der Waals surface area contributed by atoms with Gasteiger partial charge in [0.2, 0.25) is 5.91 Å². The molecule has 0 spiro atoms. The Kier molecular flexibility index (Phi) is 11.9. The highest BCUT2D eigenvalue weighted by molar-refractivity contribution is 5.82. The molecule has 2 aliphatic rings. The van der Waals surface area contributed by atoms with E-state index in [4.69, 9.17) is 15.3 Å². The lowest BCUT2D eigenvalue weighted by Gasteiger charge is -2.27. The molecule has 280 valence electrons. The van der Waals surface area contributed by atoms with Gasteiger partial charge in [0.1, 0.15) is 17.5 Å². The monoisotopic (exact) mass is 724 g/mol. The molecule has 2 fully saturated rings. The molecular formula is C40H49FN8O4. The number of nitrogens with zero attached hydrogens (tertiary/aromatic N) is 4. The molecule has 0 aliphatic carbocycles. The number of halogens is 1. The molecular weight excluding hydrogens is 675 g/mol. The summed E-state index contributed by atoms with van der Waals surface area (Å²) in [5.41, 5.74) is 10.3. The van der Waals surface area contributed by atoms with Crippen molar-refractivity contribution >= 4 is 12.0 Å². The minimum Gasteiger partial charge on any atom is -0.453 e. The van der Waals surface area contributed by atoms with Gasteiger partial charge in [-0.1, -0.05) is 51.7 Å². The van der Waals surface area contributed by atoms with Crippen molar-refractivity contribution in [2.75, 3.05) is 26.8 Å². The van der Waals surface area contributed by atoms with E-state index in [1.807, 2.05) is 61.9 Å². The summed E-state index contributed by atoms with van der Waals surface area (Å²) >= 11 is 0. The van der Waals surface area contributed by atoms with Gasteiger partial charge >= 0.3 is 6.09 Å². The largest absolute Gasteiger partial charge is 0.453 e. The highest BCUT2D eigenvalue weighted by atomic mass is 19.1. The zero-order valence-corrected chi connectivity index (χ0v) is 31.0. The fourth-order valence-corrected chi connectivity index (χ4v) is 6.73. The fraction of sp³-hybridized carbons (Fsp3) is 0.450. The molecule has 0 saturated carbocycles. The average molecular weight is 725 g/mol. The predicted octanol–water partition coefficient (Wildman–Crippen LogP) is 6.10. The van der Waals surface area contributed by atoms with E-state index in [0.717, 1.165) is 54.9 Å². The van der Waals surface area contributed by atoms with Gasteiger partial charge in [-0.05, 0) is 73.4 Å². The third-order valence-electron chi connectivity index (χ3n) is 10.1. The number of aromatic amines is 2. The minimum absolute atomic E-state index is 0.0321. The Morgan fingerprint density at radius 2 is 1.57 bits per heavy atom. The van der Waals surface area contributed by atoms with E-state index in [1.54, 1.807) is 24.5 Å². The van der Waals surface area contributed by atoms with Crippen molar-refractivity contribution in [3.63, 3.8) is 0 Å². The van der Waals surface area contributed by atoms with E-state index in [-0.39, 0.29) is 35.9 Å². The lowest BCUT2D eigenvalue weighted by atomic mass is 10.0. The first-order valence-electron chi connectivity index (χ1n) is 18.3. The van der Waals surface area contributed by atoms with Gasteiger partial charge in [0.15, 0.2) is 0 Å². The summed E-state index contributed by atoms with van der Waals surface area (Å²) in [4.78, 5) is 48.6. The van der Waals surface area contributed by atoms with Crippen LogP contribution in [0.15, 0.2) is 54.9 Å². The van der Waals surface area contributed by atoms with Gasteiger partial charge in [0.25, 0.3) is 0 Å². The summed E-state index contributed by atoms with van der Waals surface area (Å²) in [6.07, 6.45) is 6.45. The number of nitrogens with two attached hydrogens (primary N) is 1. The van der Waals surface area contributed by atoms with Crippen LogP contribution < -0.4 is 11.1 Å². The van der Waals surface area contributed by atoms with E-state index in [2.05, 4.69) is 37.1 Å². The van der Waals surface area contributed by atoms with Crippen molar-refractivity contribution in [2.45, 2.75) is 77.5 Å². The number of benzene rings is 2. The molecule has 2 saturated heterocycles. The molecule has 0 unspecified atom stereocenters. The van der Waals surface area contributed by atoms with Crippen LogP contribution in [0.25, 0.3) is 22.5 Å². The van der Waals surface area contributed by atoms with Crippen molar-refractivity contribution in [3.05, 3.63) is 83.5 Å². The maximum Gasteiger partial charge on any atom is 0.407 e. The van der Waals surface area contributed by atoms with E-state index in [0.29, 0.717) is 35.8 Å². The van der Waals surface area contributed by atoms with Crippen LogP contribution in [0, 0.1) is 29.5 Å². The van der Waals surface area contributed by atoms with Crippen molar-refractivity contribution in [1.29, 1.82) is 0 Å². The zero-order chi connectivity index (χ0) is 37.6. The molecule has 5 N–H and O–H groups in total. The van der Waals surface area contributed by atoms with Crippen molar-refractivity contribution in [1.82, 2.24) is 35.2 Å². The van der Waals surface area contributed by atoms with Crippen LogP contribution in [0.2, 0.25) is 0 Å². The Morgan fingerprint density at radius 3 is 2.26 bits per heavy atom. The number of aromatic nitrogens is 4. The van der Waals surface area contributed by atoms with E-state index >= 15 is 4.39 Å². The number of carbonyl (C=O) groups is 2. The topological polar surface area (TPSA) is 154 Å². The highest BCUT2D eigenvalue weighted by Crippen LogP contribution is 2.34. The molecule has 4 atom stereocenters. The summed E-state index contributed by atoms with van der Waals surface area (Å²) in [6.45, 7) is 9.62. The Hall–Kier alpha value is -5.03. The van der Waals surface area contributed by atoms with E-state index < -0.39 is 18.0 Å². The van der Waals surface area contributed by atoms with Gasteiger partial charge in [-0.2, -0.15) is 5.06 Å². The molecule has 0 radical (unpaired) electrons. The number of methoxy groups -OCH3 is 1. The minimum atomic E-state index is -0.526. The third-order valence-corrected chi connectivity index (χ3v) is 10.1. The summed E-state index contributed by atoms with van der Waals surface area (Å²) in [5, 5.41) is 4.70. The lowest BCUT2D eigenvalue weighted by Crippen LogP contribution is -2.46. The van der Waals surface area contributed by atoms with Crippen LogP contribution in [0.3, 0.4) is 0 Å². The van der Waals surface area contributed by atoms with Gasteiger partial charge in [-0.15, -0.1) is 0 Å². The number of carbonyl (C=O) groups excluding carboxylic acids is 2. The molecule has 13 heteroatoms. The summed E-state index contributed by atoms with van der Waals surface area (Å²) in [7, 11) is 1.34. The Balaban J connectivity index is 1.07. The number of ether oxygens (including phenoxy) is 1. The molecule has 4 heterocycles. The maximum atomic E-state index is 15.4. The zero-order valence-electron chi connectivity index (χ0n) is 31.0. The molecule has 2 amide bonds. The number of hydrogen-bond acceptors (Lipinski definition) is 8. The van der Waals surface area contributed by atoms with Crippen LogP contribution in [0.5, 0.6) is 0 Å². The summed E-state index contributed by atoms with van der Waals surface area (Å²) < 4.78 is 20.2. The van der Waals surface area contributed by atoms with Crippen LogP contribution in [0.1, 0.15) is 88.2 Å². The van der Waals surface area contributed by atoms with Crippen molar-refractivity contribution in [3.8, 4) is 34.4 Å². The first kappa shape index (κ1) is 37.7. The lowest BCUT2D eigenvalue weighted by molar-refractivity contribution is -0.178. The van der Waals surface area contributed by atoms with Crippen LogP contribution >= 0.6 is 0 Å². The number of likely N-dealkylation sites (tertiary alicyclic amines) is 1. The number of H-pyrrole nitrogens is 2. The molecule has 2 aromatic heterocycles. The first-order chi connectivity index (χ1) is 25.5.